The number of nitrogens with two attached hydrogens (primary N) is 1. The smallest absolute Gasteiger partial charge is 0.152 e. The molecule has 1 atom stereocenters. The molecule has 5 nitrogen and oxygen atoms in total. The Morgan fingerprint density at radius 2 is 2.19 bits per heavy atom. The topological polar surface area (TPSA) is 68.2 Å². The summed E-state index contributed by atoms with van der Waals surface area (Å²) in [6.07, 6.45) is 5.29. The van der Waals surface area contributed by atoms with Gasteiger partial charge >= 0.3 is 0 Å². The largest absolute Gasteiger partial charge is 0.362 e. The van der Waals surface area contributed by atoms with Crippen molar-refractivity contribution in [1.29, 1.82) is 0 Å². The molecule has 16 heavy (non-hydrogen) atoms. The Morgan fingerprint density at radius 1 is 1.44 bits per heavy atom. The molecule has 3 N–H and O–H groups in total. The van der Waals surface area contributed by atoms with E-state index in [2.05, 4.69) is 29.2 Å². The van der Waals surface area contributed by atoms with Gasteiger partial charge in [-0.25, -0.2) is 9.50 Å². The molecule has 0 fully saturated rings. The number of anilines is 1. The van der Waals surface area contributed by atoms with E-state index in [9.17, 15) is 0 Å². The average molecular weight is 219 g/mol. The van der Waals surface area contributed by atoms with E-state index in [1.54, 1.807) is 16.9 Å². The van der Waals surface area contributed by atoms with Crippen LogP contribution in [0.15, 0.2) is 24.7 Å². The second-order valence-corrected chi connectivity index (χ2v) is 4.57. The summed E-state index contributed by atoms with van der Waals surface area (Å²) in [5.41, 5.74) is 6.67. The van der Waals surface area contributed by atoms with Gasteiger partial charge in [0.25, 0.3) is 0 Å². The highest BCUT2D eigenvalue weighted by atomic mass is 15.2. The summed E-state index contributed by atoms with van der Waals surface area (Å²) in [5.74, 6) is 0.808. The molecular formula is C11H17N5. The van der Waals surface area contributed by atoms with Gasteiger partial charge in [-0.15, -0.1) is 0 Å². The highest BCUT2D eigenvalue weighted by Gasteiger charge is 2.23. The summed E-state index contributed by atoms with van der Waals surface area (Å²) in [6, 6.07) is 1.95. The lowest BCUT2D eigenvalue weighted by atomic mass is 9.97. The lowest BCUT2D eigenvalue weighted by Crippen LogP contribution is -2.47. The normalized spacial score (nSPS) is 14.0. The molecule has 0 aromatic carbocycles. The first-order valence-corrected chi connectivity index (χ1v) is 5.33. The van der Waals surface area contributed by atoms with Gasteiger partial charge < -0.3 is 11.1 Å². The van der Waals surface area contributed by atoms with Crippen molar-refractivity contribution in [3.05, 3.63) is 24.7 Å². The Balaban J connectivity index is 2.37. The Bertz CT molecular complexity index is 486. The second-order valence-electron chi connectivity index (χ2n) is 4.57. The van der Waals surface area contributed by atoms with E-state index in [-0.39, 0.29) is 11.6 Å². The average Bonchev–Trinajstić information content (AvgIpc) is 2.65. The lowest BCUT2D eigenvalue weighted by molar-refractivity contribution is 0.469. The Kier molecular flexibility index (Phi) is 2.55. The summed E-state index contributed by atoms with van der Waals surface area (Å²) in [6.45, 7) is 6.09. The molecule has 2 rings (SSSR count). The molecule has 0 saturated heterocycles. The van der Waals surface area contributed by atoms with Crippen molar-refractivity contribution in [2.24, 2.45) is 5.73 Å². The molecule has 2 aromatic rings. The maximum absolute atomic E-state index is 5.92. The van der Waals surface area contributed by atoms with Crippen LogP contribution in [0.25, 0.3) is 5.52 Å². The molecule has 0 amide bonds. The van der Waals surface area contributed by atoms with Crippen LogP contribution in [-0.4, -0.2) is 26.2 Å². The molecule has 0 aliphatic rings. The van der Waals surface area contributed by atoms with Crippen LogP contribution in [0.5, 0.6) is 0 Å². The van der Waals surface area contributed by atoms with Crippen LogP contribution in [0.4, 0.5) is 5.82 Å². The van der Waals surface area contributed by atoms with Crippen molar-refractivity contribution in [2.45, 2.75) is 32.4 Å². The SMILES string of the molecule is CC(N)C(C)(C)Nc1nccn2nccc12. The number of hydrogen-bond donors (Lipinski definition) is 2. The van der Waals surface area contributed by atoms with Crippen LogP contribution >= 0.6 is 0 Å². The fourth-order valence-corrected chi connectivity index (χ4v) is 1.37. The maximum atomic E-state index is 5.92. The molecule has 0 aliphatic carbocycles. The van der Waals surface area contributed by atoms with E-state index in [0.717, 1.165) is 11.3 Å². The Morgan fingerprint density at radius 3 is 2.88 bits per heavy atom. The van der Waals surface area contributed by atoms with Crippen LogP contribution in [0.3, 0.4) is 0 Å². The van der Waals surface area contributed by atoms with E-state index in [4.69, 9.17) is 5.73 Å². The van der Waals surface area contributed by atoms with E-state index in [1.165, 1.54) is 0 Å². The van der Waals surface area contributed by atoms with Gasteiger partial charge in [0.15, 0.2) is 5.82 Å². The monoisotopic (exact) mass is 219 g/mol. The first-order valence-electron chi connectivity index (χ1n) is 5.33. The van der Waals surface area contributed by atoms with Crippen LogP contribution in [0.1, 0.15) is 20.8 Å². The van der Waals surface area contributed by atoms with Crippen LogP contribution in [0, 0.1) is 0 Å². The predicted octanol–water partition coefficient (Wildman–Crippen LogP) is 1.27. The predicted molar refractivity (Wildman–Crippen MR) is 64.3 cm³/mol. The maximum Gasteiger partial charge on any atom is 0.152 e. The van der Waals surface area contributed by atoms with Gasteiger partial charge in [0.05, 0.1) is 6.20 Å². The molecule has 0 aliphatic heterocycles. The first-order chi connectivity index (χ1) is 7.50. The molecule has 0 radical (unpaired) electrons. The molecule has 0 bridgehead atoms. The van der Waals surface area contributed by atoms with Gasteiger partial charge in [-0.3, -0.25) is 0 Å². The van der Waals surface area contributed by atoms with Gasteiger partial charge in [0, 0.05) is 24.0 Å². The third-order valence-corrected chi connectivity index (χ3v) is 2.90. The van der Waals surface area contributed by atoms with Crippen molar-refractivity contribution in [2.75, 3.05) is 5.32 Å². The quantitative estimate of drug-likeness (QED) is 0.815. The summed E-state index contributed by atoms with van der Waals surface area (Å²) >= 11 is 0. The zero-order valence-electron chi connectivity index (χ0n) is 9.81. The van der Waals surface area contributed by atoms with E-state index in [0.29, 0.717) is 0 Å². The van der Waals surface area contributed by atoms with Crippen molar-refractivity contribution < 1.29 is 0 Å². The highest BCUT2D eigenvalue weighted by molar-refractivity contribution is 5.67. The van der Waals surface area contributed by atoms with Gasteiger partial charge in [-0.2, -0.15) is 5.10 Å². The minimum absolute atomic E-state index is 0.0254. The fraction of sp³-hybridized carbons (Fsp3) is 0.455. The molecule has 2 heterocycles. The van der Waals surface area contributed by atoms with Crippen LogP contribution < -0.4 is 11.1 Å². The zero-order chi connectivity index (χ0) is 11.8. The summed E-state index contributed by atoms with van der Waals surface area (Å²) in [4.78, 5) is 4.32. The minimum atomic E-state index is -0.209. The third-order valence-electron chi connectivity index (χ3n) is 2.90. The second kappa shape index (κ2) is 3.75. The van der Waals surface area contributed by atoms with Gasteiger partial charge in [0.1, 0.15) is 5.52 Å². The molecule has 0 saturated carbocycles. The van der Waals surface area contributed by atoms with Gasteiger partial charge in [0.2, 0.25) is 0 Å². The molecule has 1 unspecified atom stereocenters. The van der Waals surface area contributed by atoms with Crippen molar-refractivity contribution in [3.8, 4) is 0 Å². The van der Waals surface area contributed by atoms with E-state index < -0.39 is 0 Å². The molecular weight excluding hydrogens is 202 g/mol. The van der Waals surface area contributed by atoms with E-state index in [1.807, 2.05) is 19.2 Å². The highest BCUT2D eigenvalue weighted by Crippen LogP contribution is 2.19. The van der Waals surface area contributed by atoms with Gasteiger partial charge in [-0.05, 0) is 26.8 Å². The van der Waals surface area contributed by atoms with Crippen LogP contribution in [0.2, 0.25) is 0 Å². The molecule has 86 valence electrons. The Hall–Kier alpha value is -1.62. The summed E-state index contributed by atoms with van der Waals surface area (Å²) in [5, 5.41) is 7.51. The van der Waals surface area contributed by atoms with Crippen molar-refractivity contribution >= 4 is 11.3 Å². The number of hydrogen-bond acceptors (Lipinski definition) is 4. The number of rotatable bonds is 3. The number of fused-ring (bicyclic) bond motifs is 1. The summed E-state index contributed by atoms with van der Waals surface area (Å²) < 4.78 is 1.78. The first kappa shape index (κ1) is 10.9. The van der Waals surface area contributed by atoms with E-state index >= 15 is 0 Å². The summed E-state index contributed by atoms with van der Waals surface area (Å²) in [7, 11) is 0. The lowest BCUT2D eigenvalue weighted by Gasteiger charge is -2.31. The standard InChI is InChI=1S/C11H17N5/c1-8(12)11(2,3)15-10-9-4-5-14-16(9)7-6-13-10/h4-8H,12H2,1-3H3,(H,13,15). The Labute approximate surface area is 94.7 Å². The molecule has 5 heteroatoms. The van der Waals surface area contributed by atoms with Crippen molar-refractivity contribution in [3.63, 3.8) is 0 Å². The molecule has 2 aromatic heterocycles. The number of nitrogens with one attached hydrogen (secondary N) is 1. The van der Waals surface area contributed by atoms with Gasteiger partial charge in [-0.1, -0.05) is 0 Å². The molecule has 0 spiro atoms. The number of aromatic nitrogens is 3. The number of nitrogens with zero attached hydrogens (tertiary/aromatic N) is 3. The zero-order valence-corrected chi connectivity index (χ0v) is 9.81. The minimum Gasteiger partial charge on any atom is -0.362 e. The fourth-order valence-electron chi connectivity index (χ4n) is 1.37. The van der Waals surface area contributed by atoms with Crippen LogP contribution in [-0.2, 0) is 0 Å². The third kappa shape index (κ3) is 1.86. The van der Waals surface area contributed by atoms with Crippen molar-refractivity contribution in [1.82, 2.24) is 14.6 Å².